The molecular formula is C18H15F2N3OS. The number of rotatable bonds is 5. The van der Waals surface area contributed by atoms with E-state index in [1.807, 2.05) is 12.1 Å². The van der Waals surface area contributed by atoms with E-state index in [9.17, 15) is 13.6 Å². The summed E-state index contributed by atoms with van der Waals surface area (Å²) < 4.78 is 27.4. The third-order valence-electron chi connectivity index (χ3n) is 3.57. The molecule has 0 saturated heterocycles. The zero-order valence-electron chi connectivity index (χ0n) is 13.4. The summed E-state index contributed by atoms with van der Waals surface area (Å²) in [5.74, 6) is -1.62. The third-order valence-corrected chi connectivity index (χ3v) is 4.44. The molecule has 0 bridgehead atoms. The molecule has 25 heavy (non-hydrogen) atoms. The van der Waals surface area contributed by atoms with Crippen LogP contribution in [0.2, 0.25) is 0 Å². The Morgan fingerprint density at radius 2 is 1.96 bits per heavy atom. The highest BCUT2D eigenvalue weighted by atomic mass is 32.1. The standard InChI is InChI=1S/C18H15F2N3OS/c1-11(9-12-13(19)5-4-6-14(12)20)22-17(24)16-10-25-18(23-16)15-7-2-3-8-21-15/h2-8,10-11H,9H2,1H3,(H,22,24)/t11-/m0/s1. The monoisotopic (exact) mass is 359 g/mol. The van der Waals surface area contributed by atoms with Crippen molar-refractivity contribution < 1.29 is 13.6 Å². The van der Waals surface area contributed by atoms with Gasteiger partial charge in [-0.05, 0) is 37.6 Å². The lowest BCUT2D eigenvalue weighted by Gasteiger charge is -2.14. The molecule has 2 aromatic heterocycles. The normalized spacial score (nSPS) is 12.0. The van der Waals surface area contributed by atoms with E-state index >= 15 is 0 Å². The number of pyridine rings is 1. The van der Waals surface area contributed by atoms with Crippen LogP contribution in [0, 0.1) is 11.6 Å². The van der Waals surface area contributed by atoms with E-state index in [-0.39, 0.29) is 23.6 Å². The van der Waals surface area contributed by atoms with Crippen molar-refractivity contribution in [2.24, 2.45) is 0 Å². The summed E-state index contributed by atoms with van der Waals surface area (Å²) in [4.78, 5) is 20.7. The second kappa shape index (κ2) is 7.48. The Hall–Kier alpha value is -2.67. The van der Waals surface area contributed by atoms with Crippen molar-refractivity contribution in [3.63, 3.8) is 0 Å². The van der Waals surface area contributed by atoms with Crippen LogP contribution in [0.4, 0.5) is 8.78 Å². The molecule has 0 radical (unpaired) electrons. The number of hydrogen-bond donors (Lipinski definition) is 1. The number of carbonyl (C=O) groups excluding carboxylic acids is 1. The molecular weight excluding hydrogens is 344 g/mol. The van der Waals surface area contributed by atoms with Crippen LogP contribution >= 0.6 is 11.3 Å². The van der Waals surface area contributed by atoms with Crippen molar-refractivity contribution >= 4 is 17.2 Å². The Morgan fingerprint density at radius 1 is 1.20 bits per heavy atom. The van der Waals surface area contributed by atoms with E-state index in [1.54, 1.807) is 24.6 Å². The van der Waals surface area contributed by atoms with E-state index in [4.69, 9.17) is 0 Å². The van der Waals surface area contributed by atoms with E-state index < -0.39 is 17.7 Å². The average molecular weight is 359 g/mol. The van der Waals surface area contributed by atoms with Gasteiger partial charge in [0.1, 0.15) is 22.3 Å². The van der Waals surface area contributed by atoms with Crippen LogP contribution in [0.25, 0.3) is 10.7 Å². The number of carbonyl (C=O) groups is 1. The molecule has 7 heteroatoms. The maximum Gasteiger partial charge on any atom is 0.270 e. The van der Waals surface area contributed by atoms with Crippen LogP contribution in [0.1, 0.15) is 23.0 Å². The molecule has 0 saturated carbocycles. The van der Waals surface area contributed by atoms with Crippen molar-refractivity contribution in [3.05, 3.63) is 70.9 Å². The molecule has 1 amide bonds. The minimum absolute atomic E-state index is 0.0391. The quantitative estimate of drug-likeness (QED) is 0.753. The smallest absolute Gasteiger partial charge is 0.270 e. The van der Waals surface area contributed by atoms with E-state index in [2.05, 4.69) is 15.3 Å². The molecule has 0 aliphatic heterocycles. The Balaban J connectivity index is 1.67. The van der Waals surface area contributed by atoms with Crippen molar-refractivity contribution in [1.29, 1.82) is 0 Å². The lowest BCUT2D eigenvalue weighted by atomic mass is 10.1. The largest absolute Gasteiger partial charge is 0.348 e. The summed E-state index contributed by atoms with van der Waals surface area (Å²) >= 11 is 1.31. The van der Waals surface area contributed by atoms with Gasteiger partial charge in [0, 0.05) is 23.2 Å². The van der Waals surface area contributed by atoms with Crippen LogP contribution in [0.15, 0.2) is 48.0 Å². The van der Waals surface area contributed by atoms with Gasteiger partial charge in [-0.15, -0.1) is 11.3 Å². The third kappa shape index (κ3) is 4.06. The fourth-order valence-corrected chi connectivity index (χ4v) is 3.14. The number of aromatic nitrogens is 2. The molecule has 1 atom stereocenters. The maximum atomic E-state index is 13.7. The molecule has 2 heterocycles. The number of nitrogens with zero attached hydrogens (tertiary/aromatic N) is 2. The van der Waals surface area contributed by atoms with Gasteiger partial charge in [-0.1, -0.05) is 12.1 Å². The number of halogens is 2. The Bertz CT molecular complexity index is 863. The number of nitrogens with one attached hydrogen (secondary N) is 1. The minimum atomic E-state index is -0.618. The average Bonchev–Trinajstić information content (AvgIpc) is 3.09. The summed E-state index contributed by atoms with van der Waals surface area (Å²) in [6, 6.07) is 8.72. The van der Waals surface area contributed by atoms with Crippen LogP contribution in [-0.2, 0) is 6.42 Å². The molecule has 4 nitrogen and oxygen atoms in total. The fraction of sp³-hybridized carbons (Fsp3) is 0.167. The van der Waals surface area contributed by atoms with Gasteiger partial charge < -0.3 is 5.32 Å². The predicted octanol–water partition coefficient (Wildman–Crippen LogP) is 3.84. The molecule has 3 aromatic rings. The molecule has 0 aliphatic carbocycles. The summed E-state index contributed by atoms with van der Waals surface area (Å²) in [7, 11) is 0. The minimum Gasteiger partial charge on any atom is -0.348 e. The second-order valence-electron chi connectivity index (χ2n) is 5.53. The second-order valence-corrected chi connectivity index (χ2v) is 6.39. The van der Waals surface area contributed by atoms with Gasteiger partial charge in [-0.3, -0.25) is 9.78 Å². The summed E-state index contributed by atoms with van der Waals surface area (Å²) in [6.45, 7) is 1.69. The van der Waals surface area contributed by atoms with Crippen molar-refractivity contribution in [3.8, 4) is 10.7 Å². The van der Waals surface area contributed by atoms with Gasteiger partial charge in [0.2, 0.25) is 0 Å². The molecule has 0 spiro atoms. The first-order valence-corrected chi connectivity index (χ1v) is 8.53. The zero-order valence-corrected chi connectivity index (χ0v) is 14.2. The van der Waals surface area contributed by atoms with Gasteiger partial charge >= 0.3 is 0 Å². The number of benzene rings is 1. The highest BCUT2D eigenvalue weighted by molar-refractivity contribution is 7.13. The van der Waals surface area contributed by atoms with Gasteiger partial charge in [-0.2, -0.15) is 0 Å². The van der Waals surface area contributed by atoms with E-state index in [0.717, 1.165) is 0 Å². The number of amides is 1. The van der Waals surface area contributed by atoms with Crippen molar-refractivity contribution in [2.45, 2.75) is 19.4 Å². The molecule has 0 fully saturated rings. The molecule has 128 valence electrons. The van der Waals surface area contributed by atoms with Crippen molar-refractivity contribution in [1.82, 2.24) is 15.3 Å². The lowest BCUT2D eigenvalue weighted by molar-refractivity contribution is 0.0935. The number of thiazole rings is 1. The molecule has 1 N–H and O–H groups in total. The molecule has 3 rings (SSSR count). The summed E-state index contributed by atoms with van der Waals surface area (Å²) in [5, 5.41) is 4.99. The maximum absolute atomic E-state index is 13.7. The van der Waals surface area contributed by atoms with Crippen LogP contribution in [0.3, 0.4) is 0 Å². The number of hydrogen-bond acceptors (Lipinski definition) is 4. The lowest BCUT2D eigenvalue weighted by Crippen LogP contribution is -2.34. The van der Waals surface area contributed by atoms with E-state index in [1.165, 1.54) is 29.5 Å². The van der Waals surface area contributed by atoms with Crippen LogP contribution in [0.5, 0.6) is 0 Å². The molecule has 1 aromatic carbocycles. The summed E-state index contributed by atoms with van der Waals surface area (Å²) in [6.07, 6.45) is 1.71. The predicted molar refractivity (Wildman–Crippen MR) is 92.3 cm³/mol. The topological polar surface area (TPSA) is 54.9 Å². The summed E-state index contributed by atoms with van der Waals surface area (Å²) in [5.41, 5.74) is 0.905. The van der Waals surface area contributed by atoms with Gasteiger partial charge in [0.05, 0.1) is 5.69 Å². The Kier molecular flexibility index (Phi) is 5.14. The van der Waals surface area contributed by atoms with Crippen molar-refractivity contribution in [2.75, 3.05) is 0 Å². The zero-order chi connectivity index (χ0) is 17.8. The van der Waals surface area contributed by atoms with Gasteiger partial charge in [0.15, 0.2) is 0 Å². The highest BCUT2D eigenvalue weighted by Gasteiger charge is 2.17. The highest BCUT2D eigenvalue weighted by Crippen LogP contribution is 2.21. The van der Waals surface area contributed by atoms with Gasteiger partial charge in [-0.25, -0.2) is 13.8 Å². The Labute approximate surface area is 147 Å². The molecule has 0 aliphatic rings. The van der Waals surface area contributed by atoms with Crippen LogP contribution < -0.4 is 5.32 Å². The van der Waals surface area contributed by atoms with Crippen LogP contribution in [-0.4, -0.2) is 21.9 Å². The first kappa shape index (κ1) is 17.2. The first-order chi connectivity index (χ1) is 12.0. The van der Waals surface area contributed by atoms with E-state index in [0.29, 0.717) is 10.7 Å². The fourth-order valence-electron chi connectivity index (χ4n) is 2.37. The Morgan fingerprint density at radius 3 is 2.64 bits per heavy atom. The SMILES string of the molecule is C[C@@H](Cc1c(F)cccc1F)NC(=O)c1csc(-c2ccccn2)n1. The van der Waals surface area contributed by atoms with Gasteiger partial charge in [0.25, 0.3) is 5.91 Å². The molecule has 0 unspecified atom stereocenters. The first-order valence-electron chi connectivity index (χ1n) is 7.65.